The Morgan fingerprint density at radius 2 is 1.56 bits per heavy atom. The summed E-state index contributed by atoms with van der Waals surface area (Å²) in [5.41, 5.74) is 1.48. The molecule has 0 radical (unpaired) electrons. The summed E-state index contributed by atoms with van der Waals surface area (Å²) < 4.78 is 6.06. The Balaban J connectivity index is 1.52. The lowest BCUT2D eigenvalue weighted by molar-refractivity contribution is 0.272. The van der Waals surface area contributed by atoms with E-state index in [1.54, 1.807) is 0 Å². The molecule has 0 aliphatic heterocycles. The first kappa shape index (κ1) is 17.8. The third-order valence-corrected chi connectivity index (χ3v) is 5.07. The second-order valence-electron chi connectivity index (χ2n) is 7.85. The Morgan fingerprint density at radius 1 is 0.840 bits per heavy atom. The van der Waals surface area contributed by atoms with E-state index in [0.717, 1.165) is 24.7 Å². The molecule has 1 heteroatoms. The van der Waals surface area contributed by atoms with Crippen molar-refractivity contribution < 1.29 is 4.74 Å². The normalized spacial score (nSPS) is 14.1. The van der Waals surface area contributed by atoms with Gasteiger partial charge in [-0.3, -0.25) is 0 Å². The van der Waals surface area contributed by atoms with Crippen molar-refractivity contribution in [3.63, 3.8) is 0 Å². The highest BCUT2D eigenvalue weighted by atomic mass is 16.5. The predicted molar refractivity (Wildman–Crippen MR) is 108 cm³/mol. The van der Waals surface area contributed by atoms with Gasteiger partial charge >= 0.3 is 0 Å². The van der Waals surface area contributed by atoms with Gasteiger partial charge in [-0.15, -0.1) is 0 Å². The second-order valence-corrected chi connectivity index (χ2v) is 7.85. The minimum atomic E-state index is 0.650. The van der Waals surface area contributed by atoms with Crippen molar-refractivity contribution in [2.45, 2.75) is 46.0 Å². The smallest absolute Gasteiger partial charge is 0.127 e. The molecule has 2 unspecified atom stereocenters. The number of fused-ring (bicyclic) bond motifs is 3. The molecule has 4 aromatic rings. The predicted octanol–water partition coefficient (Wildman–Crippen LogP) is 6.90. The van der Waals surface area contributed by atoms with E-state index in [1.807, 2.05) is 0 Å². The lowest BCUT2D eigenvalue weighted by Gasteiger charge is -2.23. The molecule has 4 aromatic carbocycles. The molecule has 2 atom stereocenters. The molecule has 4 rings (SSSR count). The van der Waals surface area contributed by atoms with Crippen LogP contribution in [0.3, 0.4) is 0 Å². The fourth-order valence-electron chi connectivity index (χ4n) is 3.74. The van der Waals surface area contributed by atoms with Gasteiger partial charge in [-0.2, -0.15) is 0 Å². The molecule has 0 saturated heterocycles. The van der Waals surface area contributed by atoms with E-state index in [2.05, 4.69) is 81.4 Å². The lowest BCUT2D eigenvalue weighted by Crippen LogP contribution is -2.11. The first-order chi connectivity index (χ1) is 12.1. The van der Waals surface area contributed by atoms with E-state index in [1.165, 1.54) is 29.2 Å². The topological polar surface area (TPSA) is 9.23 Å². The zero-order chi connectivity index (χ0) is 17.6. The van der Waals surface area contributed by atoms with Crippen molar-refractivity contribution in [2.24, 2.45) is 11.8 Å². The Bertz CT molecular complexity index is 726. The standard InChI is InChI=1S/C24H30O/c1-18(2)15-23(21-7-5-4-6-8-21)16-19(3)13-14-25-24-17-20-9-11-22(24)12-10-20/h4-12,17-19,23H,13-16H2,1-3H3. The fraction of sp³-hybridized carbons (Fsp3) is 0.417. The highest BCUT2D eigenvalue weighted by molar-refractivity contribution is 5.76. The number of rotatable bonds is 9. The molecule has 0 N–H and O–H groups in total. The van der Waals surface area contributed by atoms with Crippen LogP contribution < -0.4 is 4.74 Å². The maximum absolute atomic E-state index is 6.06. The van der Waals surface area contributed by atoms with Gasteiger partial charge in [0.1, 0.15) is 5.75 Å². The van der Waals surface area contributed by atoms with E-state index in [9.17, 15) is 0 Å². The highest BCUT2D eigenvalue weighted by Gasteiger charge is 2.17. The van der Waals surface area contributed by atoms with Gasteiger partial charge in [0, 0.05) is 5.39 Å². The zero-order valence-corrected chi connectivity index (χ0v) is 15.7. The van der Waals surface area contributed by atoms with Crippen LogP contribution in [0.2, 0.25) is 0 Å². The summed E-state index contributed by atoms with van der Waals surface area (Å²) in [6.45, 7) is 7.81. The summed E-state index contributed by atoms with van der Waals surface area (Å²) in [5, 5.41) is 2.43. The van der Waals surface area contributed by atoms with Crippen LogP contribution >= 0.6 is 0 Å². The van der Waals surface area contributed by atoms with Crippen molar-refractivity contribution in [3.8, 4) is 5.75 Å². The molecule has 0 fully saturated rings. The molecular formula is C24H30O. The molecule has 25 heavy (non-hydrogen) atoms. The van der Waals surface area contributed by atoms with Crippen molar-refractivity contribution in [3.05, 3.63) is 66.2 Å². The summed E-state index contributed by atoms with van der Waals surface area (Å²) >= 11 is 0. The molecular weight excluding hydrogens is 304 g/mol. The van der Waals surface area contributed by atoms with Crippen LogP contribution in [0.25, 0.3) is 10.8 Å². The molecule has 0 aromatic heterocycles. The maximum Gasteiger partial charge on any atom is 0.127 e. The highest BCUT2D eigenvalue weighted by Crippen LogP contribution is 2.32. The average Bonchev–Trinajstić information content (AvgIpc) is 2.62. The third-order valence-electron chi connectivity index (χ3n) is 5.07. The first-order valence-electron chi connectivity index (χ1n) is 9.61. The molecule has 0 amide bonds. The van der Waals surface area contributed by atoms with Crippen LogP contribution in [0, 0.1) is 11.8 Å². The summed E-state index contributed by atoms with van der Waals surface area (Å²) in [6, 6.07) is 21.7. The molecule has 1 nitrogen and oxygen atoms in total. The van der Waals surface area contributed by atoms with Gasteiger partial charge in [0.15, 0.2) is 0 Å². The Hall–Kier alpha value is -2.02. The van der Waals surface area contributed by atoms with Gasteiger partial charge < -0.3 is 4.74 Å². The van der Waals surface area contributed by atoms with Crippen molar-refractivity contribution in [2.75, 3.05) is 6.61 Å². The van der Waals surface area contributed by atoms with Crippen LogP contribution in [0.1, 0.15) is 51.5 Å². The minimum absolute atomic E-state index is 0.650. The van der Waals surface area contributed by atoms with Gasteiger partial charge in [-0.05, 0) is 54.0 Å². The van der Waals surface area contributed by atoms with E-state index in [0.29, 0.717) is 11.8 Å². The minimum Gasteiger partial charge on any atom is -0.493 e. The summed E-state index contributed by atoms with van der Waals surface area (Å²) in [4.78, 5) is 0. The van der Waals surface area contributed by atoms with E-state index in [-0.39, 0.29) is 0 Å². The third kappa shape index (κ3) is 4.98. The molecule has 0 aliphatic carbocycles. The largest absolute Gasteiger partial charge is 0.493 e. The zero-order valence-electron chi connectivity index (χ0n) is 15.7. The van der Waals surface area contributed by atoms with Crippen molar-refractivity contribution in [1.29, 1.82) is 0 Å². The van der Waals surface area contributed by atoms with Crippen LogP contribution in [0.4, 0.5) is 0 Å². The molecule has 0 saturated carbocycles. The molecule has 132 valence electrons. The second kappa shape index (κ2) is 8.38. The van der Waals surface area contributed by atoms with Gasteiger partial charge in [0.05, 0.1) is 6.61 Å². The van der Waals surface area contributed by atoms with Crippen LogP contribution in [-0.2, 0) is 0 Å². The maximum atomic E-state index is 6.06. The number of hydrogen-bond donors (Lipinski definition) is 0. The van der Waals surface area contributed by atoms with E-state index < -0.39 is 0 Å². The molecule has 0 heterocycles. The van der Waals surface area contributed by atoms with Gasteiger partial charge in [0.25, 0.3) is 0 Å². The average molecular weight is 335 g/mol. The first-order valence-corrected chi connectivity index (χ1v) is 9.61. The van der Waals surface area contributed by atoms with E-state index in [4.69, 9.17) is 4.74 Å². The molecule has 0 spiro atoms. The fourth-order valence-corrected chi connectivity index (χ4v) is 3.74. The monoisotopic (exact) mass is 334 g/mol. The van der Waals surface area contributed by atoms with Crippen LogP contribution in [0.5, 0.6) is 5.75 Å². The quantitative estimate of drug-likeness (QED) is 0.413. The van der Waals surface area contributed by atoms with Gasteiger partial charge in [-0.1, -0.05) is 75.4 Å². The summed E-state index contributed by atoms with van der Waals surface area (Å²) in [6.07, 6.45) is 3.60. The SMILES string of the molecule is CC(C)CC(CC(C)CCOc1cc2ccc1cc2)c1ccccc1. The Labute approximate surface area is 152 Å². The van der Waals surface area contributed by atoms with E-state index >= 15 is 0 Å². The summed E-state index contributed by atoms with van der Waals surface area (Å²) in [7, 11) is 0. The van der Waals surface area contributed by atoms with Crippen molar-refractivity contribution >= 4 is 10.8 Å². The van der Waals surface area contributed by atoms with Crippen molar-refractivity contribution in [1.82, 2.24) is 0 Å². The van der Waals surface area contributed by atoms with Gasteiger partial charge in [0.2, 0.25) is 0 Å². The number of hydrogen-bond acceptors (Lipinski definition) is 1. The van der Waals surface area contributed by atoms with Crippen LogP contribution in [0.15, 0.2) is 60.7 Å². The number of ether oxygens (including phenoxy) is 1. The Morgan fingerprint density at radius 3 is 2.16 bits per heavy atom. The Kier molecular flexibility index (Phi) is 5.96. The summed E-state index contributed by atoms with van der Waals surface area (Å²) in [5.74, 6) is 3.07. The van der Waals surface area contributed by atoms with Crippen LogP contribution in [-0.4, -0.2) is 6.61 Å². The van der Waals surface area contributed by atoms with Gasteiger partial charge in [-0.25, -0.2) is 0 Å². The lowest BCUT2D eigenvalue weighted by atomic mass is 9.83. The molecule has 0 aliphatic rings. The molecule has 2 bridgehead atoms. The number of benzene rings is 4.